The van der Waals surface area contributed by atoms with E-state index in [4.69, 9.17) is 5.26 Å². The van der Waals surface area contributed by atoms with E-state index in [-0.39, 0.29) is 0 Å². The molecule has 0 bridgehead atoms. The summed E-state index contributed by atoms with van der Waals surface area (Å²) in [5, 5.41) is 10.6. The lowest BCUT2D eigenvalue weighted by atomic mass is 9.89. The number of nitrogens with one attached hydrogen (secondary N) is 1. The molecule has 4 rings (SSSR count). The molecule has 1 aromatic carbocycles. The van der Waals surface area contributed by atoms with Crippen LogP contribution in [0.1, 0.15) is 55.5 Å². The Hall–Kier alpha value is -1.79. The van der Waals surface area contributed by atoms with Gasteiger partial charge in [-0.1, -0.05) is 19.9 Å². The molecule has 0 spiro atoms. The van der Waals surface area contributed by atoms with E-state index in [1.807, 2.05) is 0 Å². The SMILES string of the molecule is CC(C)c1ccc2c(c1)c1c3n2CC[NH+](CC#N)[C@@H]3CCC1. The smallest absolute Gasteiger partial charge is 0.165 e. The lowest BCUT2D eigenvalue weighted by Gasteiger charge is -2.35. The Kier molecular flexibility index (Phi) is 3.23. The Bertz CT molecular complexity index is 763. The Balaban J connectivity index is 1.92. The van der Waals surface area contributed by atoms with Gasteiger partial charge in [0.2, 0.25) is 0 Å². The van der Waals surface area contributed by atoms with Gasteiger partial charge in [0.15, 0.2) is 6.54 Å². The number of aromatic nitrogens is 1. The zero-order valence-electron chi connectivity index (χ0n) is 13.5. The first-order chi connectivity index (χ1) is 10.7. The number of rotatable bonds is 2. The second kappa shape index (κ2) is 5.14. The van der Waals surface area contributed by atoms with Crippen molar-refractivity contribution in [3.8, 4) is 6.07 Å². The standard InChI is InChI=1S/C19H23N3/c1-13(2)14-6-7-17-16(12-14)15-4-3-5-18-19(15)22(17)11-10-21(18)9-8-20/h6-7,12-13,18H,3-5,9-11H2,1-2H3/p+1/t18-/m1/s1. The van der Waals surface area contributed by atoms with Crippen molar-refractivity contribution in [1.29, 1.82) is 5.26 Å². The van der Waals surface area contributed by atoms with Crippen molar-refractivity contribution < 1.29 is 4.90 Å². The zero-order chi connectivity index (χ0) is 15.3. The van der Waals surface area contributed by atoms with Crippen LogP contribution in [-0.2, 0) is 13.0 Å². The number of nitriles is 1. The van der Waals surface area contributed by atoms with Gasteiger partial charge < -0.3 is 9.47 Å². The lowest BCUT2D eigenvalue weighted by Crippen LogP contribution is -3.13. The van der Waals surface area contributed by atoms with E-state index in [1.165, 1.54) is 40.6 Å². The van der Waals surface area contributed by atoms with E-state index in [0.29, 0.717) is 18.5 Å². The molecule has 0 amide bonds. The van der Waals surface area contributed by atoms with Crippen LogP contribution < -0.4 is 4.90 Å². The van der Waals surface area contributed by atoms with Gasteiger partial charge in [0, 0.05) is 17.3 Å². The molecular weight excluding hydrogens is 270 g/mol. The number of nitrogens with zero attached hydrogens (tertiary/aromatic N) is 2. The summed E-state index contributed by atoms with van der Waals surface area (Å²) < 4.78 is 2.56. The van der Waals surface area contributed by atoms with E-state index in [9.17, 15) is 0 Å². The monoisotopic (exact) mass is 294 g/mol. The number of aryl methyl sites for hydroxylation is 1. The topological polar surface area (TPSA) is 33.2 Å². The molecule has 0 saturated carbocycles. The van der Waals surface area contributed by atoms with Crippen LogP contribution in [0.4, 0.5) is 0 Å². The van der Waals surface area contributed by atoms with Crippen molar-refractivity contribution in [3.63, 3.8) is 0 Å². The predicted molar refractivity (Wildman–Crippen MR) is 88.0 cm³/mol. The number of fused-ring (bicyclic) bond motifs is 3. The maximum atomic E-state index is 9.13. The molecule has 3 heteroatoms. The van der Waals surface area contributed by atoms with Crippen molar-refractivity contribution in [1.82, 2.24) is 4.57 Å². The molecule has 1 unspecified atom stereocenters. The van der Waals surface area contributed by atoms with Gasteiger partial charge in [0.1, 0.15) is 12.1 Å². The van der Waals surface area contributed by atoms with E-state index < -0.39 is 0 Å². The van der Waals surface area contributed by atoms with Crippen LogP contribution in [-0.4, -0.2) is 17.7 Å². The fourth-order valence-corrected chi connectivity index (χ4v) is 4.48. The minimum atomic E-state index is 0.534. The average Bonchev–Trinajstić information content (AvgIpc) is 2.85. The van der Waals surface area contributed by atoms with Crippen LogP contribution in [0.3, 0.4) is 0 Å². The lowest BCUT2D eigenvalue weighted by molar-refractivity contribution is -0.930. The molecule has 1 aliphatic carbocycles. The summed E-state index contributed by atoms with van der Waals surface area (Å²) in [6.07, 6.45) is 3.70. The van der Waals surface area contributed by atoms with Crippen molar-refractivity contribution in [2.45, 2.75) is 51.6 Å². The summed E-state index contributed by atoms with van der Waals surface area (Å²) in [7, 11) is 0. The summed E-state index contributed by atoms with van der Waals surface area (Å²) in [6, 6.07) is 9.97. The van der Waals surface area contributed by atoms with Crippen LogP contribution >= 0.6 is 0 Å². The maximum Gasteiger partial charge on any atom is 0.165 e. The molecule has 22 heavy (non-hydrogen) atoms. The highest BCUT2D eigenvalue weighted by molar-refractivity contribution is 5.87. The van der Waals surface area contributed by atoms with Gasteiger partial charge in [-0.2, -0.15) is 5.26 Å². The number of benzene rings is 1. The van der Waals surface area contributed by atoms with Crippen molar-refractivity contribution in [3.05, 3.63) is 35.0 Å². The number of quaternary nitrogens is 1. The predicted octanol–water partition coefficient (Wildman–Crippen LogP) is 2.56. The zero-order valence-corrected chi connectivity index (χ0v) is 13.5. The summed E-state index contributed by atoms with van der Waals surface area (Å²) in [4.78, 5) is 1.47. The van der Waals surface area contributed by atoms with Crippen molar-refractivity contribution in [2.75, 3.05) is 13.1 Å². The van der Waals surface area contributed by atoms with Gasteiger partial charge in [-0.3, -0.25) is 0 Å². The molecule has 2 atom stereocenters. The van der Waals surface area contributed by atoms with Crippen LogP contribution in [0.5, 0.6) is 0 Å². The number of hydrogen-bond acceptors (Lipinski definition) is 1. The highest BCUT2D eigenvalue weighted by Crippen LogP contribution is 2.38. The molecule has 0 fully saturated rings. The van der Waals surface area contributed by atoms with Gasteiger partial charge in [-0.25, -0.2) is 0 Å². The molecule has 1 aromatic heterocycles. The van der Waals surface area contributed by atoms with Gasteiger partial charge in [-0.05, 0) is 42.0 Å². The first-order valence-corrected chi connectivity index (χ1v) is 8.57. The minimum Gasteiger partial charge on any atom is -0.334 e. The molecule has 0 radical (unpaired) electrons. The Morgan fingerprint density at radius 2 is 2.27 bits per heavy atom. The number of hydrogen-bond donors (Lipinski definition) is 1. The highest BCUT2D eigenvalue weighted by Gasteiger charge is 2.37. The highest BCUT2D eigenvalue weighted by atomic mass is 15.2. The largest absolute Gasteiger partial charge is 0.334 e. The van der Waals surface area contributed by atoms with E-state index >= 15 is 0 Å². The Morgan fingerprint density at radius 1 is 1.41 bits per heavy atom. The minimum absolute atomic E-state index is 0.534. The average molecular weight is 294 g/mol. The summed E-state index contributed by atoms with van der Waals surface area (Å²) in [5.74, 6) is 0.577. The van der Waals surface area contributed by atoms with Gasteiger partial charge in [0.05, 0.1) is 18.8 Å². The first-order valence-electron chi connectivity index (χ1n) is 8.57. The third-order valence-corrected chi connectivity index (χ3v) is 5.61. The van der Waals surface area contributed by atoms with Crippen LogP contribution in [0, 0.1) is 11.3 Å². The second-order valence-corrected chi connectivity index (χ2v) is 7.13. The van der Waals surface area contributed by atoms with Gasteiger partial charge in [-0.15, -0.1) is 0 Å². The van der Waals surface area contributed by atoms with E-state index in [1.54, 1.807) is 11.3 Å². The fraction of sp³-hybridized carbons (Fsp3) is 0.526. The van der Waals surface area contributed by atoms with Crippen molar-refractivity contribution >= 4 is 10.9 Å². The molecule has 2 aromatic rings. The first kappa shape index (κ1) is 13.8. The summed E-state index contributed by atoms with van der Waals surface area (Å²) >= 11 is 0. The molecule has 1 aliphatic heterocycles. The van der Waals surface area contributed by atoms with Crippen LogP contribution in [0.15, 0.2) is 18.2 Å². The molecule has 1 N–H and O–H groups in total. The van der Waals surface area contributed by atoms with Gasteiger partial charge in [0.25, 0.3) is 0 Å². The molecule has 3 nitrogen and oxygen atoms in total. The fourth-order valence-electron chi connectivity index (χ4n) is 4.48. The molecular formula is C19H24N3+. The van der Waals surface area contributed by atoms with Crippen LogP contribution in [0.2, 0.25) is 0 Å². The molecule has 114 valence electrons. The second-order valence-electron chi connectivity index (χ2n) is 7.13. The van der Waals surface area contributed by atoms with Crippen LogP contribution in [0.25, 0.3) is 10.9 Å². The Labute approximate surface area is 132 Å². The summed E-state index contributed by atoms with van der Waals surface area (Å²) in [5.41, 5.74) is 5.97. The van der Waals surface area contributed by atoms with E-state index in [0.717, 1.165) is 13.1 Å². The molecule has 0 saturated heterocycles. The molecule has 2 aliphatic rings. The Morgan fingerprint density at radius 3 is 3.05 bits per heavy atom. The van der Waals surface area contributed by atoms with Gasteiger partial charge >= 0.3 is 0 Å². The van der Waals surface area contributed by atoms with Crippen molar-refractivity contribution in [2.24, 2.45) is 0 Å². The quantitative estimate of drug-likeness (QED) is 0.849. The third kappa shape index (κ3) is 1.90. The molecule has 2 heterocycles. The maximum absolute atomic E-state index is 9.13. The van der Waals surface area contributed by atoms with E-state index in [2.05, 4.69) is 42.7 Å². The third-order valence-electron chi connectivity index (χ3n) is 5.61. The summed E-state index contributed by atoms with van der Waals surface area (Å²) in [6.45, 7) is 7.32. The normalized spacial score (nSPS) is 23.5.